The highest BCUT2D eigenvalue weighted by molar-refractivity contribution is 8.00. The van der Waals surface area contributed by atoms with Crippen LogP contribution in [-0.2, 0) is 9.59 Å². The van der Waals surface area contributed by atoms with E-state index >= 15 is 0 Å². The van der Waals surface area contributed by atoms with E-state index in [9.17, 15) is 20.1 Å². The number of anilines is 2. The number of imide groups is 1. The van der Waals surface area contributed by atoms with Crippen LogP contribution in [0.4, 0.5) is 11.5 Å². The van der Waals surface area contributed by atoms with Crippen molar-refractivity contribution in [3.8, 4) is 23.3 Å². The molecule has 1 atom stereocenters. The van der Waals surface area contributed by atoms with Gasteiger partial charge in [-0.15, -0.1) is 0 Å². The van der Waals surface area contributed by atoms with Crippen LogP contribution in [0.2, 0.25) is 0 Å². The molecule has 0 saturated carbocycles. The quantitative estimate of drug-likeness (QED) is 0.359. The lowest BCUT2D eigenvalue weighted by atomic mass is 9.94. The van der Waals surface area contributed by atoms with Gasteiger partial charge in [-0.25, -0.2) is 9.88 Å². The molecule has 1 unspecified atom stereocenters. The molecule has 2 aromatic heterocycles. The Morgan fingerprint density at radius 3 is 2.49 bits per heavy atom. The Hall–Kier alpha value is -4.60. The van der Waals surface area contributed by atoms with Crippen molar-refractivity contribution in [1.82, 2.24) is 9.97 Å². The predicted molar refractivity (Wildman–Crippen MR) is 143 cm³/mol. The van der Waals surface area contributed by atoms with E-state index in [4.69, 9.17) is 5.73 Å². The van der Waals surface area contributed by atoms with Crippen molar-refractivity contribution in [3.05, 3.63) is 71.4 Å². The molecule has 1 aliphatic rings. The van der Waals surface area contributed by atoms with Gasteiger partial charge in [-0.2, -0.15) is 10.5 Å². The maximum atomic E-state index is 13.3. The molecule has 0 aliphatic carbocycles. The van der Waals surface area contributed by atoms with E-state index in [2.05, 4.69) is 36.0 Å². The summed E-state index contributed by atoms with van der Waals surface area (Å²) in [7, 11) is 0. The van der Waals surface area contributed by atoms with Gasteiger partial charge in [-0.3, -0.25) is 9.59 Å². The number of nitrogen functional groups attached to an aromatic ring is 1. The number of nitrogens with two attached hydrogens (primary N) is 1. The van der Waals surface area contributed by atoms with Gasteiger partial charge >= 0.3 is 0 Å². The fraction of sp³-hybridized carbons (Fsp3) is 0.179. The number of amides is 2. The maximum Gasteiger partial charge on any atom is 0.247 e. The number of H-pyrrole nitrogens is 1. The molecule has 5 rings (SSSR count). The highest BCUT2D eigenvalue weighted by Crippen LogP contribution is 2.40. The third-order valence-corrected chi connectivity index (χ3v) is 7.61. The number of aromatic amines is 1. The smallest absolute Gasteiger partial charge is 0.247 e. The molecule has 2 amide bonds. The van der Waals surface area contributed by atoms with Crippen molar-refractivity contribution in [1.29, 1.82) is 10.5 Å². The number of nitrogens with zero attached hydrogens (tertiary/aromatic N) is 4. The number of rotatable bonds is 5. The molecule has 8 nitrogen and oxygen atoms in total. The van der Waals surface area contributed by atoms with Gasteiger partial charge in [-0.1, -0.05) is 55.9 Å². The molecule has 0 radical (unpaired) electrons. The fourth-order valence-electron chi connectivity index (χ4n) is 4.48. The molecule has 0 bridgehead atoms. The van der Waals surface area contributed by atoms with Gasteiger partial charge in [0.15, 0.2) is 0 Å². The molecule has 1 saturated heterocycles. The molecule has 4 aromatic rings. The van der Waals surface area contributed by atoms with Crippen LogP contribution < -0.4 is 10.6 Å². The summed E-state index contributed by atoms with van der Waals surface area (Å²) in [6, 6.07) is 19.1. The van der Waals surface area contributed by atoms with Gasteiger partial charge in [0.25, 0.3) is 0 Å². The normalized spacial score (nSPS) is 15.4. The van der Waals surface area contributed by atoms with Crippen molar-refractivity contribution in [2.24, 2.45) is 0 Å². The Bertz CT molecular complexity index is 1640. The standard InChI is InChI=1S/C28H22N6O2S/c1-15(2)16-3-5-18(6-4-16)25-20(13-29)26(31)33-27(21(25)14-30)37-23-12-24(35)34(28(23)36)19-8-7-17-9-10-32-22(17)11-19/h3-11,15,23,32H,12H2,1-2H3,(H2,31,33). The Morgan fingerprint density at radius 2 is 1.81 bits per heavy atom. The second-order valence-corrected chi connectivity index (χ2v) is 10.2. The van der Waals surface area contributed by atoms with E-state index in [1.165, 1.54) is 4.90 Å². The van der Waals surface area contributed by atoms with Gasteiger partial charge < -0.3 is 10.7 Å². The molecule has 1 fully saturated rings. The van der Waals surface area contributed by atoms with Gasteiger partial charge in [0.05, 0.1) is 16.5 Å². The van der Waals surface area contributed by atoms with Crippen molar-refractivity contribution >= 4 is 46.0 Å². The summed E-state index contributed by atoms with van der Waals surface area (Å²) in [5, 5.41) is 20.3. The number of benzene rings is 2. The summed E-state index contributed by atoms with van der Waals surface area (Å²) in [4.78, 5) is 34.8. The molecule has 9 heteroatoms. The maximum absolute atomic E-state index is 13.3. The third kappa shape index (κ3) is 4.20. The van der Waals surface area contributed by atoms with E-state index in [-0.39, 0.29) is 34.3 Å². The molecule has 3 N–H and O–H groups in total. The Balaban J connectivity index is 1.52. The number of nitrogens with one attached hydrogen (secondary N) is 1. The summed E-state index contributed by atoms with van der Waals surface area (Å²) in [5.74, 6) is -0.437. The molecular formula is C28H22N6O2S. The zero-order valence-corrected chi connectivity index (χ0v) is 21.0. The Labute approximate surface area is 217 Å². The zero-order valence-electron chi connectivity index (χ0n) is 20.1. The lowest BCUT2D eigenvalue weighted by molar-refractivity contribution is -0.121. The Morgan fingerprint density at radius 1 is 1.08 bits per heavy atom. The number of pyridine rings is 1. The lowest BCUT2D eigenvalue weighted by Gasteiger charge is -2.17. The first-order valence-electron chi connectivity index (χ1n) is 11.7. The summed E-state index contributed by atoms with van der Waals surface area (Å²) in [6.07, 6.45) is 1.75. The SMILES string of the molecule is CC(C)c1ccc(-c2c(C#N)c(N)nc(SC3CC(=O)N(c4ccc5cc[nH]c5c4)C3=O)c2C#N)cc1. The van der Waals surface area contributed by atoms with Crippen molar-refractivity contribution in [3.63, 3.8) is 0 Å². The third-order valence-electron chi connectivity index (χ3n) is 6.44. The van der Waals surface area contributed by atoms with Crippen LogP contribution in [0, 0.1) is 22.7 Å². The van der Waals surface area contributed by atoms with E-state index in [1.54, 1.807) is 18.3 Å². The first-order chi connectivity index (χ1) is 17.8. The highest BCUT2D eigenvalue weighted by Gasteiger charge is 2.41. The van der Waals surface area contributed by atoms with Crippen molar-refractivity contribution in [2.45, 2.75) is 36.5 Å². The van der Waals surface area contributed by atoms with Crippen LogP contribution in [0.1, 0.15) is 42.9 Å². The van der Waals surface area contributed by atoms with Crippen LogP contribution in [0.15, 0.2) is 59.8 Å². The molecule has 37 heavy (non-hydrogen) atoms. The number of fused-ring (bicyclic) bond motifs is 1. The molecule has 0 spiro atoms. The summed E-state index contributed by atoms with van der Waals surface area (Å²) in [5.41, 5.74) is 9.85. The lowest BCUT2D eigenvalue weighted by Crippen LogP contribution is -2.31. The van der Waals surface area contributed by atoms with Gasteiger partial charge in [-0.05, 0) is 40.6 Å². The number of hydrogen-bond donors (Lipinski definition) is 2. The molecular weight excluding hydrogens is 484 g/mol. The molecule has 3 heterocycles. The van der Waals surface area contributed by atoms with E-state index in [0.717, 1.165) is 28.2 Å². The first-order valence-corrected chi connectivity index (χ1v) is 12.5. The van der Waals surface area contributed by atoms with E-state index in [1.807, 2.05) is 36.4 Å². The largest absolute Gasteiger partial charge is 0.383 e. The van der Waals surface area contributed by atoms with Crippen LogP contribution in [0.25, 0.3) is 22.0 Å². The van der Waals surface area contributed by atoms with Gasteiger partial charge in [0, 0.05) is 23.7 Å². The van der Waals surface area contributed by atoms with Crippen LogP contribution in [0.3, 0.4) is 0 Å². The number of hydrogen-bond acceptors (Lipinski definition) is 7. The molecule has 182 valence electrons. The van der Waals surface area contributed by atoms with Gasteiger partial charge in [0.1, 0.15) is 28.5 Å². The second kappa shape index (κ2) is 9.45. The average Bonchev–Trinajstić information content (AvgIpc) is 3.46. The van der Waals surface area contributed by atoms with Crippen molar-refractivity contribution in [2.75, 3.05) is 10.6 Å². The fourth-order valence-corrected chi connectivity index (χ4v) is 5.60. The summed E-state index contributed by atoms with van der Waals surface area (Å²) < 4.78 is 0. The summed E-state index contributed by atoms with van der Waals surface area (Å²) in [6.45, 7) is 4.16. The number of aromatic nitrogens is 2. The predicted octanol–water partition coefficient (Wildman–Crippen LogP) is 5.10. The minimum atomic E-state index is -0.782. The Kier molecular flexibility index (Phi) is 6.16. The number of nitriles is 2. The van der Waals surface area contributed by atoms with Crippen LogP contribution >= 0.6 is 11.8 Å². The minimum Gasteiger partial charge on any atom is -0.383 e. The highest BCUT2D eigenvalue weighted by atomic mass is 32.2. The number of carbonyl (C=O) groups excluding carboxylic acids is 2. The van der Waals surface area contributed by atoms with Gasteiger partial charge in [0.2, 0.25) is 11.8 Å². The monoisotopic (exact) mass is 506 g/mol. The average molecular weight is 507 g/mol. The topological polar surface area (TPSA) is 140 Å². The minimum absolute atomic E-state index is 0.0299. The first kappa shape index (κ1) is 24.1. The molecule has 1 aliphatic heterocycles. The van der Waals surface area contributed by atoms with Crippen molar-refractivity contribution < 1.29 is 9.59 Å². The zero-order chi connectivity index (χ0) is 26.3. The van der Waals surface area contributed by atoms with E-state index < -0.39 is 11.2 Å². The summed E-state index contributed by atoms with van der Waals surface area (Å²) >= 11 is 1.03. The van der Waals surface area contributed by atoms with E-state index in [0.29, 0.717) is 22.7 Å². The second-order valence-electron chi connectivity index (χ2n) is 9.05. The number of carbonyl (C=O) groups is 2. The molecule has 2 aromatic carbocycles. The van der Waals surface area contributed by atoms with Crippen LogP contribution in [0.5, 0.6) is 0 Å². The van der Waals surface area contributed by atoms with Crippen LogP contribution in [-0.4, -0.2) is 27.0 Å². The number of thioether (sulfide) groups is 1.